The molecule has 0 bridgehead atoms. The van der Waals surface area contributed by atoms with Crippen molar-refractivity contribution < 1.29 is 22.5 Å². The highest BCUT2D eigenvalue weighted by Crippen LogP contribution is 2.38. The number of hydrogen-bond acceptors (Lipinski definition) is 4. The minimum Gasteiger partial charge on any atom is -0.469 e. The molecule has 0 saturated carbocycles. The summed E-state index contributed by atoms with van der Waals surface area (Å²) >= 11 is 0. The summed E-state index contributed by atoms with van der Waals surface area (Å²) in [4.78, 5) is 11.1. The average molecular weight is 368 g/mol. The lowest BCUT2D eigenvalue weighted by Gasteiger charge is -2.33. The van der Waals surface area contributed by atoms with Crippen LogP contribution in [-0.2, 0) is 25.1 Å². The van der Waals surface area contributed by atoms with Gasteiger partial charge in [-0.1, -0.05) is 38.0 Å². The smallest absolute Gasteiger partial charge is 0.305 e. The van der Waals surface area contributed by atoms with Crippen molar-refractivity contribution in [1.82, 2.24) is 0 Å². The highest BCUT2D eigenvalue weighted by Gasteiger charge is 2.30. The number of ether oxygens (including phenoxy) is 1. The lowest BCUT2D eigenvalue weighted by molar-refractivity contribution is -0.140. The van der Waals surface area contributed by atoms with Gasteiger partial charge in [0.05, 0.1) is 12.0 Å². The molecule has 6 heteroatoms. The van der Waals surface area contributed by atoms with Crippen molar-refractivity contribution in [1.29, 1.82) is 0 Å². The van der Waals surface area contributed by atoms with Gasteiger partial charge in [0.15, 0.2) is 0 Å². The lowest BCUT2D eigenvalue weighted by Crippen LogP contribution is -2.25. The maximum absolute atomic E-state index is 11.5. The van der Waals surface area contributed by atoms with Gasteiger partial charge in [0, 0.05) is 11.8 Å². The van der Waals surface area contributed by atoms with Gasteiger partial charge in [-0.25, -0.2) is 0 Å². The molecule has 1 unspecified atom stereocenters. The minimum atomic E-state index is -4.25. The van der Waals surface area contributed by atoms with E-state index < -0.39 is 15.5 Å². The van der Waals surface area contributed by atoms with E-state index >= 15 is 0 Å². The molecule has 1 atom stereocenters. The third-order valence-electron chi connectivity index (χ3n) is 4.83. The van der Waals surface area contributed by atoms with Gasteiger partial charge in [0.2, 0.25) is 0 Å². The summed E-state index contributed by atoms with van der Waals surface area (Å²) in [7, 11) is -2.87. The molecule has 0 amide bonds. The Labute approximate surface area is 150 Å². The first-order valence-electron chi connectivity index (χ1n) is 8.34. The summed E-state index contributed by atoms with van der Waals surface area (Å²) in [5, 5.41) is 0. The molecule has 0 spiro atoms. The summed E-state index contributed by atoms with van der Waals surface area (Å²) in [5.74, 6) is -0.209. The zero-order chi connectivity index (χ0) is 19.3. The Morgan fingerprint density at radius 1 is 1.28 bits per heavy atom. The van der Waals surface area contributed by atoms with E-state index in [-0.39, 0.29) is 10.9 Å². The molecular weight excluding hydrogens is 340 g/mol. The first-order valence-corrected chi connectivity index (χ1v) is 9.78. The normalized spacial score (nSPS) is 14.0. The van der Waals surface area contributed by atoms with E-state index in [0.717, 1.165) is 42.4 Å². The van der Waals surface area contributed by atoms with Gasteiger partial charge in [-0.05, 0) is 49.9 Å². The fourth-order valence-corrected chi connectivity index (χ4v) is 3.47. The molecule has 0 aliphatic rings. The van der Waals surface area contributed by atoms with Gasteiger partial charge < -0.3 is 4.74 Å². The average Bonchev–Trinajstić information content (AvgIpc) is 2.53. The highest BCUT2D eigenvalue weighted by molar-refractivity contribution is 7.85. The van der Waals surface area contributed by atoms with Crippen LogP contribution >= 0.6 is 0 Å². The number of carbonyl (C=O) groups is 1. The second kappa shape index (κ2) is 8.63. The van der Waals surface area contributed by atoms with Gasteiger partial charge in [-0.3, -0.25) is 9.35 Å². The zero-order valence-electron chi connectivity index (χ0n) is 15.5. The SMILES string of the molecule is C=C(C)C(C)(CCCCCC(=O)OC)c1cc(S(=O)(=O)O)ccc1C. The van der Waals surface area contributed by atoms with Crippen LogP contribution in [0.2, 0.25) is 0 Å². The van der Waals surface area contributed by atoms with Gasteiger partial charge in [-0.15, -0.1) is 0 Å². The number of aryl methyl sites for hydroxylation is 1. The second-order valence-corrected chi connectivity index (χ2v) is 8.12. The number of allylic oxidation sites excluding steroid dienone is 1. The maximum atomic E-state index is 11.5. The number of rotatable bonds is 9. The lowest BCUT2D eigenvalue weighted by atomic mass is 9.72. The Bertz CT molecular complexity index is 736. The Morgan fingerprint density at radius 3 is 2.44 bits per heavy atom. The molecule has 0 heterocycles. The number of benzene rings is 1. The van der Waals surface area contributed by atoms with Crippen molar-refractivity contribution >= 4 is 16.1 Å². The largest absolute Gasteiger partial charge is 0.469 e. The molecule has 140 valence electrons. The maximum Gasteiger partial charge on any atom is 0.305 e. The molecule has 0 saturated heterocycles. The van der Waals surface area contributed by atoms with Gasteiger partial charge >= 0.3 is 5.97 Å². The number of esters is 1. The molecule has 5 nitrogen and oxygen atoms in total. The third-order valence-corrected chi connectivity index (χ3v) is 5.68. The van der Waals surface area contributed by atoms with E-state index in [2.05, 4.69) is 11.3 Å². The van der Waals surface area contributed by atoms with Crippen LogP contribution < -0.4 is 0 Å². The quantitative estimate of drug-likeness (QED) is 0.306. The fourth-order valence-electron chi connectivity index (χ4n) is 2.96. The van der Waals surface area contributed by atoms with Crippen molar-refractivity contribution in [2.75, 3.05) is 7.11 Å². The van der Waals surface area contributed by atoms with Gasteiger partial charge in [-0.2, -0.15) is 8.42 Å². The van der Waals surface area contributed by atoms with E-state index in [1.165, 1.54) is 19.2 Å². The van der Waals surface area contributed by atoms with Crippen molar-refractivity contribution in [3.63, 3.8) is 0 Å². The van der Waals surface area contributed by atoms with Crippen molar-refractivity contribution in [3.8, 4) is 0 Å². The van der Waals surface area contributed by atoms with Crippen molar-refractivity contribution in [3.05, 3.63) is 41.5 Å². The summed E-state index contributed by atoms with van der Waals surface area (Å²) in [5.41, 5.74) is 2.32. The highest BCUT2D eigenvalue weighted by atomic mass is 32.2. The van der Waals surface area contributed by atoms with Crippen LogP contribution in [0.15, 0.2) is 35.2 Å². The standard InChI is InChI=1S/C19H28O5S/c1-14(2)19(4,12-8-6-7-9-18(20)24-5)17-13-16(25(21,22)23)11-10-15(17)3/h10-11,13H,1,6-9,12H2,2-5H3,(H,21,22,23). The molecule has 1 aromatic carbocycles. The van der Waals surface area contributed by atoms with Crippen LogP contribution in [0.25, 0.3) is 0 Å². The number of unbranched alkanes of at least 4 members (excludes halogenated alkanes) is 2. The number of hydrogen-bond donors (Lipinski definition) is 1. The fraction of sp³-hybridized carbons (Fsp3) is 0.526. The topological polar surface area (TPSA) is 80.7 Å². The number of carbonyl (C=O) groups excluding carboxylic acids is 1. The van der Waals surface area contributed by atoms with Crippen LogP contribution in [0.3, 0.4) is 0 Å². The van der Waals surface area contributed by atoms with Crippen LogP contribution in [0.4, 0.5) is 0 Å². The minimum absolute atomic E-state index is 0.105. The molecule has 25 heavy (non-hydrogen) atoms. The van der Waals surface area contributed by atoms with Crippen LogP contribution in [-0.4, -0.2) is 26.0 Å². The summed E-state index contributed by atoms with van der Waals surface area (Å²) < 4.78 is 36.9. The molecule has 1 rings (SSSR count). The first-order chi connectivity index (χ1) is 11.5. The van der Waals surface area contributed by atoms with E-state index in [9.17, 15) is 17.8 Å². The predicted molar refractivity (Wildman–Crippen MR) is 98.3 cm³/mol. The molecule has 1 N–H and O–H groups in total. The Kier molecular flexibility index (Phi) is 7.38. The molecule has 1 aromatic rings. The molecular formula is C19H28O5S. The van der Waals surface area contributed by atoms with E-state index in [1.807, 2.05) is 20.8 Å². The Morgan fingerprint density at radius 2 is 1.92 bits per heavy atom. The molecule has 0 fully saturated rings. The summed E-state index contributed by atoms with van der Waals surface area (Å²) in [6, 6.07) is 4.65. The Balaban J connectivity index is 2.98. The monoisotopic (exact) mass is 368 g/mol. The van der Waals surface area contributed by atoms with Crippen molar-refractivity contribution in [2.24, 2.45) is 0 Å². The van der Waals surface area contributed by atoms with E-state index in [0.29, 0.717) is 6.42 Å². The third kappa shape index (κ3) is 5.68. The molecule has 0 aromatic heterocycles. The van der Waals surface area contributed by atoms with E-state index in [1.54, 1.807) is 6.07 Å². The molecule has 0 radical (unpaired) electrons. The summed E-state index contributed by atoms with van der Waals surface area (Å²) in [6.07, 6.45) is 3.67. The van der Waals surface area contributed by atoms with Gasteiger partial charge in [0.1, 0.15) is 0 Å². The van der Waals surface area contributed by atoms with Crippen LogP contribution in [0, 0.1) is 6.92 Å². The molecule has 0 aliphatic carbocycles. The van der Waals surface area contributed by atoms with Crippen molar-refractivity contribution in [2.45, 2.75) is 63.2 Å². The first kappa shape index (κ1) is 21.4. The van der Waals surface area contributed by atoms with Gasteiger partial charge in [0.25, 0.3) is 10.1 Å². The molecule has 0 aliphatic heterocycles. The number of methoxy groups -OCH3 is 1. The predicted octanol–water partition coefficient (Wildman–Crippen LogP) is 4.20. The summed E-state index contributed by atoms with van der Waals surface area (Å²) in [6.45, 7) is 9.97. The van der Waals surface area contributed by atoms with Crippen LogP contribution in [0.5, 0.6) is 0 Å². The second-order valence-electron chi connectivity index (χ2n) is 6.70. The van der Waals surface area contributed by atoms with E-state index in [4.69, 9.17) is 0 Å². The zero-order valence-corrected chi connectivity index (χ0v) is 16.3. The Hall–Kier alpha value is -1.66. The van der Waals surface area contributed by atoms with Crippen LogP contribution in [0.1, 0.15) is 57.1 Å².